The highest BCUT2D eigenvalue weighted by molar-refractivity contribution is 7.80. The van der Waals surface area contributed by atoms with Gasteiger partial charge in [0, 0.05) is 22.0 Å². The number of hydrogen-bond donors (Lipinski definition) is 3. The monoisotopic (exact) mass is 405 g/mol. The van der Waals surface area contributed by atoms with E-state index in [0.29, 0.717) is 22.7 Å². The average Bonchev–Trinajstić information content (AvgIpc) is 2.61. The smallest absolute Gasteiger partial charge is 0.255 e. The van der Waals surface area contributed by atoms with Crippen LogP contribution < -0.4 is 20.7 Å². The van der Waals surface area contributed by atoms with Crippen molar-refractivity contribution in [1.29, 1.82) is 0 Å². The van der Waals surface area contributed by atoms with Crippen LogP contribution in [-0.4, -0.2) is 18.1 Å². The van der Waals surface area contributed by atoms with Crippen molar-refractivity contribution >= 4 is 40.5 Å². The molecule has 3 N–H and O–H groups in total. The standard InChI is InChI=1S/C19H17ClFN3O2S/c1-10-15(18(25)23-11-6-8-12(26-2)9-7-11)17(24-19(27)22-10)16-13(20)4-3-5-14(16)21/h3-9,17H,1-2H3,(H,23,25)(H2,22,24,27)/t17-/m0/s1. The molecule has 0 bridgehead atoms. The molecule has 0 fully saturated rings. The van der Waals surface area contributed by atoms with Crippen LogP contribution in [0.4, 0.5) is 10.1 Å². The largest absolute Gasteiger partial charge is 0.497 e. The molecule has 1 aliphatic heterocycles. The Hall–Kier alpha value is -2.64. The fraction of sp³-hybridized carbons (Fsp3) is 0.158. The van der Waals surface area contributed by atoms with Gasteiger partial charge in [0.25, 0.3) is 5.91 Å². The summed E-state index contributed by atoms with van der Waals surface area (Å²) in [6, 6.07) is 10.4. The molecule has 5 nitrogen and oxygen atoms in total. The van der Waals surface area contributed by atoms with Crippen molar-refractivity contribution in [2.45, 2.75) is 13.0 Å². The Kier molecular flexibility index (Phi) is 5.62. The normalized spacial score (nSPS) is 16.4. The van der Waals surface area contributed by atoms with Crippen LogP contribution in [0, 0.1) is 5.82 Å². The van der Waals surface area contributed by atoms with E-state index in [9.17, 15) is 9.18 Å². The van der Waals surface area contributed by atoms with Crippen molar-refractivity contribution in [2.24, 2.45) is 0 Å². The number of rotatable bonds is 4. The van der Waals surface area contributed by atoms with Gasteiger partial charge in [-0.3, -0.25) is 4.79 Å². The predicted molar refractivity (Wildman–Crippen MR) is 107 cm³/mol. The molecule has 1 amide bonds. The van der Waals surface area contributed by atoms with Gasteiger partial charge in [0.2, 0.25) is 0 Å². The second-order valence-corrected chi connectivity index (χ2v) is 6.70. The molecular weight excluding hydrogens is 389 g/mol. The molecule has 0 saturated carbocycles. The molecule has 0 spiro atoms. The number of ether oxygens (including phenoxy) is 1. The second-order valence-electron chi connectivity index (χ2n) is 5.89. The SMILES string of the molecule is COc1ccc(NC(=O)C2=C(C)NC(=S)N[C@@H]2c2c(F)cccc2Cl)cc1. The summed E-state index contributed by atoms with van der Waals surface area (Å²) in [6.45, 7) is 1.71. The molecule has 2 aromatic carbocycles. The van der Waals surface area contributed by atoms with Gasteiger partial charge in [-0.25, -0.2) is 4.39 Å². The van der Waals surface area contributed by atoms with Gasteiger partial charge >= 0.3 is 0 Å². The quantitative estimate of drug-likeness (QED) is 0.673. The third-order valence-corrected chi connectivity index (χ3v) is 4.70. The maximum absolute atomic E-state index is 14.5. The van der Waals surface area contributed by atoms with Gasteiger partial charge in [-0.2, -0.15) is 0 Å². The van der Waals surface area contributed by atoms with E-state index in [1.165, 1.54) is 12.1 Å². The zero-order valence-electron chi connectivity index (χ0n) is 14.6. The number of methoxy groups -OCH3 is 1. The number of amides is 1. The lowest BCUT2D eigenvalue weighted by molar-refractivity contribution is -0.113. The summed E-state index contributed by atoms with van der Waals surface area (Å²) in [7, 11) is 1.56. The summed E-state index contributed by atoms with van der Waals surface area (Å²) in [4.78, 5) is 13.0. The van der Waals surface area contributed by atoms with E-state index in [-0.39, 0.29) is 15.7 Å². The lowest BCUT2D eigenvalue weighted by Crippen LogP contribution is -2.46. The van der Waals surface area contributed by atoms with E-state index in [1.54, 1.807) is 44.4 Å². The van der Waals surface area contributed by atoms with Crippen LogP contribution in [0.2, 0.25) is 5.02 Å². The molecular formula is C19H17ClFN3O2S. The molecule has 1 heterocycles. The topological polar surface area (TPSA) is 62.4 Å². The molecule has 1 aliphatic rings. The van der Waals surface area contributed by atoms with Gasteiger partial charge < -0.3 is 20.7 Å². The minimum Gasteiger partial charge on any atom is -0.497 e. The van der Waals surface area contributed by atoms with Crippen LogP contribution in [0.25, 0.3) is 0 Å². The van der Waals surface area contributed by atoms with Crippen molar-refractivity contribution in [3.63, 3.8) is 0 Å². The highest BCUT2D eigenvalue weighted by Crippen LogP contribution is 2.34. The number of thiocarbonyl (C=S) groups is 1. The third kappa shape index (κ3) is 4.04. The molecule has 1 atom stereocenters. The summed E-state index contributed by atoms with van der Waals surface area (Å²) in [6.07, 6.45) is 0. The molecule has 0 radical (unpaired) electrons. The summed E-state index contributed by atoms with van der Waals surface area (Å²) in [5.41, 5.74) is 1.57. The Morgan fingerprint density at radius 2 is 1.96 bits per heavy atom. The Bertz CT molecular complexity index is 911. The van der Waals surface area contributed by atoms with Crippen molar-refractivity contribution in [3.8, 4) is 5.75 Å². The summed E-state index contributed by atoms with van der Waals surface area (Å²) < 4.78 is 19.6. The Morgan fingerprint density at radius 1 is 1.26 bits per heavy atom. The number of halogens is 2. The van der Waals surface area contributed by atoms with Crippen LogP contribution in [0.15, 0.2) is 53.7 Å². The van der Waals surface area contributed by atoms with Crippen molar-refractivity contribution in [2.75, 3.05) is 12.4 Å². The molecule has 0 saturated heterocycles. The van der Waals surface area contributed by atoms with Gasteiger partial charge in [0.15, 0.2) is 5.11 Å². The van der Waals surface area contributed by atoms with E-state index < -0.39 is 17.8 Å². The van der Waals surface area contributed by atoms with Gasteiger partial charge in [0.1, 0.15) is 11.6 Å². The Balaban J connectivity index is 1.97. The molecule has 0 aliphatic carbocycles. The number of nitrogens with one attached hydrogen (secondary N) is 3. The maximum Gasteiger partial charge on any atom is 0.255 e. The first kappa shape index (κ1) is 19.1. The maximum atomic E-state index is 14.5. The van der Waals surface area contributed by atoms with E-state index in [4.69, 9.17) is 28.6 Å². The minimum absolute atomic E-state index is 0.169. The predicted octanol–water partition coefficient (Wildman–Crippen LogP) is 3.92. The van der Waals surface area contributed by atoms with Crippen LogP contribution in [0.5, 0.6) is 5.75 Å². The molecule has 0 aromatic heterocycles. The van der Waals surface area contributed by atoms with Gasteiger partial charge in [-0.15, -0.1) is 0 Å². The van der Waals surface area contributed by atoms with Crippen molar-refractivity contribution < 1.29 is 13.9 Å². The molecule has 2 aromatic rings. The Morgan fingerprint density at radius 3 is 2.59 bits per heavy atom. The zero-order valence-corrected chi connectivity index (χ0v) is 16.2. The van der Waals surface area contributed by atoms with E-state index in [0.717, 1.165) is 0 Å². The fourth-order valence-corrected chi connectivity index (χ4v) is 3.41. The van der Waals surface area contributed by atoms with E-state index >= 15 is 0 Å². The molecule has 140 valence electrons. The number of benzene rings is 2. The minimum atomic E-state index is -0.814. The van der Waals surface area contributed by atoms with Crippen LogP contribution >= 0.6 is 23.8 Å². The number of anilines is 1. The van der Waals surface area contributed by atoms with E-state index in [2.05, 4.69) is 16.0 Å². The molecule has 3 rings (SSSR count). The fourth-order valence-electron chi connectivity index (χ4n) is 2.87. The molecule has 8 heteroatoms. The Labute approximate surface area is 166 Å². The number of carbonyl (C=O) groups is 1. The van der Waals surface area contributed by atoms with Crippen molar-refractivity contribution in [1.82, 2.24) is 10.6 Å². The van der Waals surface area contributed by atoms with Crippen LogP contribution in [-0.2, 0) is 4.79 Å². The van der Waals surface area contributed by atoms with Crippen LogP contribution in [0.1, 0.15) is 18.5 Å². The summed E-state index contributed by atoms with van der Waals surface area (Å²) >= 11 is 11.4. The van der Waals surface area contributed by atoms with Gasteiger partial charge in [-0.1, -0.05) is 17.7 Å². The van der Waals surface area contributed by atoms with E-state index in [1.807, 2.05) is 0 Å². The number of carbonyl (C=O) groups excluding carboxylic acids is 1. The third-order valence-electron chi connectivity index (χ3n) is 4.15. The van der Waals surface area contributed by atoms with Gasteiger partial charge in [-0.05, 0) is 55.5 Å². The molecule has 27 heavy (non-hydrogen) atoms. The first-order valence-corrected chi connectivity index (χ1v) is 8.87. The highest BCUT2D eigenvalue weighted by Gasteiger charge is 2.33. The van der Waals surface area contributed by atoms with Gasteiger partial charge in [0.05, 0.1) is 18.7 Å². The second kappa shape index (κ2) is 7.94. The van der Waals surface area contributed by atoms with Crippen LogP contribution in [0.3, 0.4) is 0 Å². The highest BCUT2D eigenvalue weighted by atomic mass is 35.5. The lowest BCUT2D eigenvalue weighted by atomic mass is 9.94. The first-order valence-electron chi connectivity index (χ1n) is 8.08. The molecule has 0 unspecified atom stereocenters. The summed E-state index contributed by atoms with van der Waals surface area (Å²) in [5.74, 6) is -0.248. The number of hydrogen-bond acceptors (Lipinski definition) is 3. The number of allylic oxidation sites excluding steroid dienone is 1. The lowest BCUT2D eigenvalue weighted by Gasteiger charge is -2.31. The average molecular weight is 406 g/mol. The first-order chi connectivity index (χ1) is 12.9. The zero-order chi connectivity index (χ0) is 19.6. The van der Waals surface area contributed by atoms with Crippen molar-refractivity contribution in [3.05, 3.63) is 70.1 Å². The summed E-state index contributed by atoms with van der Waals surface area (Å²) in [5, 5.41) is 9.15.